The molecule has 1 aliphatic rings. The lowest BCUT2D eigenvalue weighted by molar-refractivity contribution is 0.374. The summed E-state index contributed by atoms with van der Waals surface area (Å²) < 4.78 is 38.7. The molecule has 0 spiro atoms. The first-order chi connectivity index (χ1) is 12.5. The van der Waals surface area contributed by atoms with Gasteiger partial charge in [-0.1, -0.05) is 15.9 Å². The van der Waals surface area contributed by atoms with E-state index in [0.717, 1.165) is 11.4 Å². The third-order valence-corrected chi connectivity index (χ3v) is 6.83. The van der Waals surface area contributed by atoms with Gasteiger partial charge in [0.2, 0.25) is 10.0 Å². The van der Waals surface area contributed by atoms with Crippen LogP contribution in [0.15, 0.2) is 51.8 Å². The zero-order valence-electron chi connectivity index (χ0n) is 14.7. The van der Waals surface area contributed by atoms with Gasteiger partial charge in [0.25, 0.3) is 0 Å². The second-order valence-electron chi connectivity index (χ2n) is 5.88. The van der Waals surface area contributed by atoms with Crippen LogP contribution in [0.1, 0.15) is 0 Å². The van der Waals surface area contributed by atoms with E-state index in [9.17, 15) is 8.42 Å². The van der Waals surface area contributed by atoms with Crippen LogP contribution >= 0.6 is 15.9 Å². The topological polar surface area (TPSA) is 59.1 Å². The molecule has 26 heavy (non-hydrogen) atoms. The molecule has 0 amide bonds. The molecule has 6 nitrogen and oxygen atoms in total. The van der Waals surface area contributed by atoms with Crippen molar-refractivity contribution in [3.05, 3.63) is 46.9 Å². The monoisotopic (exact) mass is 440 g/mol. The zero-order chi connectivity index (χ0) is 18.7. The lowest BCUT2D eigenvalue weighted by Crippen LogP contribution is -2.48. The number of ether oxygens (including phenoxy) is 2. The van der Waals surface area contributed by atoms with Gasteiger partial charge in [-0.2, -0.15) is 4.31 Å². The highest BCUT2D eigenvalue weighted by Crippen LogP contribution is 2.31. The number of sulfonamides is 1. The minimum atomic E-state index is -3.61. The van der Waals surface area contributed by atoms with Crippen molar-refractivity contribution < 1.29 is 17.9 Å². The van der Waals surface area contributed by atoms with Crippen LogP contribution in [-0.4, -0.2) is 53.1 Å². The van der Waals surface area contributed by atoms with Crippen LogP contribution in [0.5, 0.6) is 11.5 Å². The molecule has 3 rings (SSSR count). The average Bonchev–Trinajstić information content (AvgIpc) is 2.68. The van der Waals surface area contributed by atoms with Crippen LogP contribution in [0, 0.1) is 0 Å². The zero-order valence-corrected chi connectivity index (χ0v) is 17.1. The maximum Gasteiger partial charge on any atom is 0.246 e. The third-order valence-electron chi connectivity index (χ3n) is 4.42. The van der Waals surface area contributed by atoms with Gasteiger partial charge >= 0.3 is 0 Å². The van der Waals surface area contributed by atoms with Crippen LogP contribution in [0.3, 0.4) is 0 Å². The molecule has 140 valence electrons. The fourth-order valence-electron chi connectivity index (χ4n) is 2.97. The first kappa shape index (κ1) is 19.0. The number of nitrogens with zero attached hydrogens (tertiary/aromatic N) is 2. The molecule has 1 heterocycles. The van der Waals surface area contributed by atoms with E-state index in [4.69, 9.17) is 9.47 Å². The Morgan fingerprint density at radius 3 is 2.15 bits per heavy atom. The highest BCUT2D eigenvalue weighted by molar-refractivity contribution is 9.10. The summed E-state index contributed by atoms with van der Waals surface area (Å²) in [7, 11) is -0.502. The summed E-state index contributed by atoms with van der Waals surface area (Å²) in [6.07, 6.45) is 0. The molecule has 0 radical (unpaired) electrons. The van der Waals surface area contributed by atoms with E-state index in [1.165, 1.54) is 11.4 Å². The maximum absolute atomic E-state index is 13.0. The molecule has 0 atom stereocenters. The lowest BCUT2D eigenvalue weighted by Gasteiger charge is -2.35. The largest absolute Gasteiger partial charge is 0.497 e. The van der Waals surface area contributed by atoms with Crippen molar-refractivity contribution in [3.8, 4) is 11.5 Å². The quantitative estimate of drug-likeness (QED) is 0.714. The molecule has 1 fully saturated rings. The molecule has 0 unspecified atom stereocenters. The van der Waals surface area contributed by atoms with E-state index in [1.54, 1.807) is 25.3 Å². The first-order valence-corrected chi connectivity index (χ1v) is 10.4. The molecular formula is C18H21BrN2O4S. The Hall–Kier alpha value is -1.77. The fourth-order valence-corrected chi connectivity index (χ4v) is 5.09. The van der Waals surface area contributed by atoms with Crippen LogP contribution < -0.4 is 14.4 Å². The number of methoxy groups -OCH3 is 2. The van der Waals surface area contributed by atoms with E-state index in [2.05, 4.69) is 20.8 Å². The van der Waals surface area contributed by atoms with Crippen molar-refractivity contribution in [2.24, 2.45) is 0 Å². The maximum atomic E-state index is 13.0. The number of anilines is 1. The van der Waals surface area contributed by atoms with E-state index >= 15 is 0 Å². The standard InChI is InChI=1S/C18H21BrN2O4S/c1-24-16-6-4-15(5-7-16)20-9-11-21(12-10-20)26(22,23)18-13-14(19)3-8-17(18)25-2/h3-8,13H,9-12H2,1-2H3. The van der Waals surface area contributed by atoms with Gasteiger partial charge in [0.15, 0.2) is 0 Å². The van der Waals surface area contributed by atoms with Crippen molar-refractivity contribution in [2.45, 2.75) is 4.90 Å². The molecule has 1 saturated heterocycles. The molecule has 0 saturated carbocycles. The molecule has 2 aromatic carbocycles. The molecular weight excluding hydrogens is 420 g/mol. The van der Waals surface area contributed by atoms with Crippen molar-refractivity contribution in [1.29, 1.82) is 0 Å². The number of halogens is 1. The Kier molecular flexibility index (Phi) is 5.74. The minimum Gasteiger partial charge on any atom is -0.497 e. The van der Waals surface area contributed by atoms with E-state index < -0.39 is 10.0 Å². The van der Waals surface area contributed by atoms with Crippen LogP contribution in [-0.2, 0) is 10.0 Å². The number of hydrogen-bond acceptors (Lipinski definition) is 5. The van der Waals surface area contributed by atoms with E-state index in [-0.39, 0.29) is 4.90 Å². The number of benzene rings is 2. The number of hydrogen-bond donors (Lipinski definition) is 0. The number of rotatable bonds is 5. The predicted molar refractivity (Wildman–Crippen MR) is 105 cm³/mol. The molecule has 2 aromatic rings. The van der Waals surface area contributed by atoms with Crippen molar-refractivity contribution in [2.75, 3.05) is 45.3 Å². The van der Waals surface area contributed by atoms with Crippen molar-refractivity contribution in [1.82, 2.24) is 4.31 Å². The van der Waals surface area contributed by atoms with Gasteiger partial charge in [-0.25, -0.2) is 8.42 Å². The summed E-state index contributed by atoms with van der Waals surface area (Å²) in [6.45, 7) is 2.10. The molecule has 0 aliphatic carbocycles. The van der Waals surface area contributed by atoms with E-state index in [0.29, 0.717) is 36.4 Å². The van der Waals surface area contributed by atoms with Crippen molar-refractivity contribution >= 4 is 31.6 Å². The molecule has 8 heteroatoms. The predicted octanol–water partition coefficient (Wildman–Crippen LogP) is 2.98. The first-order valence-electron chi connectivity index (χ1n) is 8.18. The lowest BCUT2D eigenvalue weighted by atomic mass is 10.2. The van der Waals surface area contributed by atoms with Gasteiger partial charge in [-0.05, 0) is 42.5 Å². The normalized spacial score (nSPS) is 15.7. The summed E-state index contributed by atoms with van der Waals surface area (Å²) in [5.74, 6) is 1.16. The second-order valence-corrected chi connectivity index (χ2v) is 8.71. The van der Waals surface area contributed by atoms with Gasteiger partial charge in [0.05, 0.1) is 14.2 Å². The van der Waals surface area contributed by atoms with Gasteiger partial charge in [0, 0.05) is 36.3 Å². The van der Waals surface area contributed by atoms with E-state index in [1.807, 2.05) is 24.3 Å². The summed E-state index contributed by atoms with van der Waals surface area (Å²) in [6, 6.07) is 12.8. The van der Waals surface area contributed by atoms with Gasteiger partial charge < -0.3 is 14.4 Å². The fraction of sp³-hybridized carbons (Fsp3) is 0.333. The average molecular weight is 441 g/mol. The molecule has 1 aliphatic heterocycles. The van der Waals surface area contributed by atoms with Gasteiger partial charge in [-0.3, -0.25) is 0 Å². The smallest absolute Gasteiger partial charge is 0.246 e. The Balaban J connectivity index is 1.75. The highest BCUT2D eigenvalue weighted by atomic mass is 79.9. The minimum absolute atomic E-state index is 0.187. The van der Waals surface area contributed by atoms with Crippen molar-refractivity contribution in [3.63, 3.8) is 0 Å². The van der Waals surface area contributed by atoms with Crippen LogP contribution in [0.4, 0.5) is 5.69 Å². The second kappa shape index (κ2) is 7.85. The molecule has 0 bridgehead atoms. The Morgan fingerprint density at radius 1 is 0.923 bits per heavy atom. The molecule has 0 aromatic heterocycles. The Morgan fingerprint density at radius 2 is 1.58 bits per heavy atom. The Bertz CT molecular complexity index is 863. The van der Waals surface area contributed by atoms with Gasteiger partial charge in [0.1, 0.15) is 16.4 Å². The third kappa shape index (κ3) is 3.82. The van der Waals surface area contributed by atoms with Gasteiger partial charge in [-0.15, -0.1) is 0 Å². The Labute approximate surface area is 162 Å². The van der Waals surface area contributed by atoms with Crippen LogP contribution in [0.25, 0.3) is 0 Å². The number of piperazine rings is 1. The highest BCUT2D eigenvalue weighted by Gasteiger charge is 2.31. The summed E-state index contributed by atoms with van der Waals surface area (Å²) in [5.41, 5.74) is 1.06. The van der Waals surface area contributed by atoms with Crippen LogP contribution in [0.2, 0.25) is 0 Å². The molecule has 0 N–H and O–H groups in total. The summed E-state index contributed by atoms with van der Waals surface area (Å²) >= 11 is 3.34. The summed E-state index contributed by atoms with van der Waals surface area (Å²) in [5, 5.41) is 0. The SMILES string of the molecule is COc1ccc(N2CCN(S(=O)(=O)c3cc(Br)ccc3OC)CC2)cc1. The summed E-state index contributed by atoms with van der Waals surface area (Å²) in [4.78, 5) is 2.36.